The topological polar surface area (TPSA) is 60.1 Å². The van der Waals surface area contributed by atoms with Crippen molar-refractivity contribution < 1.29 is 13.9 Å². The molecule has 1 N–H and O–H groups in total. The Hall–Kier alpha value is -2.52. The zero-order valence-electron chi connectivity index (χ0n) is 12.5. The molecule has 2 heterocycles. The van der Waals surface area contributed by atoms with Gasteiger partial charge >= 0.3 is 0 Å². The number of nitrogens with zero attached hydrogens (tertiary/aromatic N) is 3. The molecule has 23 heavy (non-hydrogen) atoms. The van der Waals surface area contributed by atoms with Crippen LogP contribution in [0.2, 0.25) is 0 Å². The number of nitriles is 1. The first-order valence-electron chi connectivity index (χ1n) is 7.26. The number of benzene rings is 1. The molecule has 1 aliphatic rings. The van der Waals surface area contributed by atoms with Crippen molar-refractivity contribution in [2.75, 3.05) is 11.4 Å². The van der Waals surface area contributed by atoms with Gasteiger partial charge in [0.05, 0.1) is 17.7 Å². The van der Waals surface area contributed by atoms with Crippen molar-refractivity contribution >= 4 is 5.82 Å². The molecule has 0 bridgehead atoms. The van der Waals surface area contributed by atoms with Gasteiger partial charge < -0.3 is 10.0 Å². The quantitative estimate of drug-likeness (QED) is 0.926. The smallest absolute Gasteiger partial charge is 0.159 e. The second-order valence-electron chi connectivity index (χ2n) is 5.67. The van der Waals surface area contributed by atoms with Crippen LogP contribution in [-0.2, 0) is 0 Å². The molecule has 0 aliphatic carbocycles. The zero-order valence-corrected chi connectivity index (χ0v) is 12.5. The summed E-state index contributed by atoms with van der Waals surface area (Å²) in [6.07, 6.45) is 1.34. The number of aryl methyl sites for hydroxylation is 1. The van der Waals surface area contributed by atoms with E-state index in [-0.39, 0.29) is 12.6 Å². The molecule has 118 valence electrons. The van der Waals surface area contributed by atoms with E-state index in [4.69, 9.17) is 0 Å². The van der Waals surface area contributed by atoms with Gasteiger partial charge in [0.15, 0.2) is 11.6 Å². The monoisotopic (exact) mass is 315 g/mol. The Morgan fingerprint density at radius 2 is 2.09 bits per heavy atom. The molecule has 1 fully saturated rings. The van der Waals surface area contributed by atoms with Crippen molar-refractivity contribution in [3.63, 3.8) is 0 Å². The highest BCUT2D eigenvalue weighted by Crippen LogP contribution is 2.37. The molecule has 4 nitrogen and oxygen atoms in total. The first kappa shape index (κ1) is 15.4. The third-order valence-electron chi connectivity index (χ3n) is 4.13. The third-order valence-corrected chi connectivity index (χ3v) is 4.13. The van der Waals surface area contributed by atoms with Gasteiger partial charge in [-0.05, 0) is 42.7 Å². The summed E-state index contributed by atoms with van der Waals surface area (Å²) >= 11 is 0. The number of aromatic nitrogens is 1. The summed E-state index contributed by atoms with van der Waals surface area (Å²) in [6, 6.07) is 7.21. The second kappa shape index (κ2) is 5.94. The van der Waals surface area contributed by atoms with Crippen LogP contribution in [0.1, 0.15) is 29.2 Å². The minimum atomic E-state index is -0.929. The van der Waals surface area contributed by atoms with Crippen LogP contribution in [0.25, 0.3) is 0 Å². The zero-order chi connectivity index (χ0) is 16.6. The Bertz CT molecular complexity index is 788. The van der Waals surface area contributed by atoms with Gasteiger partial charge in [-0.1, -0.05) is 6.07 Å². The van der Waals surface area contributed by atoms with Crippen LogP contribution in [0.3, 0.4) is 0 Å². The van der Waals surface area contributed by atoms with Crippen LogP contribution >= 0.6 is 0 Å². The Balaban J connectivity index is 2.06. The van der Waals surface area contributed by atoms with E-state index >= 15 is 0 Å². The first-order chi connectivity index (χ1) is 11.0. The average molecular weight is 315 g/mol. The fraction of sp³-hybridized carbons (Fsp3) is 0.294. The molecular formula is C17H15F2N3O. The molecule has 6 heteroatoms. The lowest BCUT2D eigenvalue weighted by atomic mass is 10.0. The Labute approximate surface area is 132 Å². The molecule has 0 amide bonds. The molecule has 1 aliphatic heterocycles. The lowest BCUT2D eigenvalue weighted by molar-refractivity contribution is 0.194. The molecule has 0 unspecified atom stereocenters. The minimum Gasteiger partial charge on any atom is -0.391 e. The third kappa shape index (κ3) is 2.76. The van der Waals surface area contributed by atoms with Gasteiger partial charge in [0.2, 0.25) is 0 Å². The number of rotatable bonds is 2. The van der Waals surface area contributed by atoms with Gasteiger partial charge in [-0.3, -0.25) is 0 Å². The van der Waals surface area contributed by atoms with Gasteiger partial charge in [-0.15, -0.1) is 0 Å². The Morgan fingerprint density at radius 1 is 1.30 bits per heavy atom. The van der Waals surface area contributed by atoms with Crippen LogP contribution in [0.5, 0.6) is 0 Å². The van der Waals surface area contributed by atoms with Crippen LogP contribution in [0.4, 0.5) is 14.6 Å². The molecule has 0 spiro atoms. The molecule has 2 aromatic rings. The van der Waals surface area contributed by atoms with Crippen molar-refractivity contribution in [2.24, 2.45) is 0 Å². The highest BCUT2D eigenvalue weighted by atomic mass is 19.2. The fourth-order valence-corrected chi connectivity index (χ4v) is 2.98. The van der Waals surface area contributed by atoms with Crippen LogP contribution in [0, 0.1) is 29.9 Å². The highest BCUT2D eigenvalue weighted by molar-refractivity contribution is 5.59. The molecule has 1 saturated heterocycles. The van der Waals surface area contributed by atoms with Crippen molar-refractivity contribution in [1.82, 2.24) is 4.98 Å². The number of aliphatic hydroxyl groups excluding tert-OH is 1. The molecule has 1 aromatic carbocycles. The van der Waals surface area contributed by atoms with Crippen molar-refractivity contribution in [3.05, 3.63) is 58.8 Å². The van der Waals surface area contributed by atoms with E-state index in [1.54, 1.807) is 17.2 Å². The summed E-state index contributed by atoms with van der Waals surface area (Å²) in [6.45, 7) is 2.09. The number of β-amino-alcohol motifs (C(OH)–C–C–N with tert-alkyl or cyclic N) is 1. The van der Waals surface area contributed by atoms with Gasteiger partial charge in [-0.2, -0.15) is 5.26 Å². The van der Waals surface area contributed by atoms with E-state index in [0.717, 1.165) is 17.7 Å². The van der Waals surface area contributed by atoms with Gasteiger partial charge in [-0.25, -0.2) is 13.8 Å². The summed E-state index contributed by atoms with van der Waals surface area (Å²) in [5, 5.41) is 19.4. The summed E-state index contributed by atoms with van der Waals surface area (Å²) in [5.41, 5.74) is 1.75. The molecule has 2 atom stereocenters. The number of halogens is 2. The predicted octanol–water partition coefficient (Wildman–Crippen LogP) is 2.85. The van der Waals surface area contributed by atoms with Crippen LogP contribution in [-0.4, -0.2) is 22.7 Å². The fourth-order valence-electron chi connectivity index (χ4n) is 2.98. The lowest BCUT2D eigenvalue weighted by Crippen LogP contribution is -2.26. The second-order valence-corrected chi connectivity index (χ2v) is 5.67. The normalized spacial score (nSPS) is 20.6. The summed E-state index contributed by atoms with van der Waals surface area (Å²) in [7, 11) is 0. The number of anilines is 1. The summed E-state index contributed by atoms with van der Waals surface area (Å²) in [5.74, 6) is -1.38. The number of hydrogen-bond acceptors (Lipinski definition) is 4. The average Bonchev–Trinajstić information content (AvgIpc) is 2.91. The number of aliphatic hydroxyl groups is 1. The maximum Gasteiger partial charge on any atom is 0.159 e. The first-order valence-corrected chi connectivity index (χ1v) is 7.26. The van der Waals surface area contributed by atoms with E-state index in [1.165, 1.54) is 6.07 Å². The van der Waals surface area contributed by atoms with E-state index < -0.39 is 17.7 Å². The number of pyridine rings is 1. The highest BCUT2D eigenvalue weighted by Gasteiger charge is 2.34. The van der Waals surface area contributed by atoms with Gasteiger partial charge in [0, 0.05) is 12.7 Å². The Kier molecular flexibility index (Phi) is 3.97. The largest absolute Gasteiger partial charge is 0.391 e. The predicted molar refractivity (Wildman–Crippen MR) is 80.8 cm³/mol. The minimum absolute atomic E-state index is 0.287. The van der Waals surface area contributed by atoms with E-state index in [0.29, 0.717) is 23.4 Å². The van der Waals surface area contributed by atoms with Crippen LogP contribution < -0.4 is 4.90 Å². The van der Waals surface area contributed by atoms with Crippen LogP contribution in [0.15, 0.2) is 30.5 Å². The van der Waals surface area contributed by atoms with Gasteiger partial charge in [0.25, 0.3) is 0 Å². The SMILES string of the molecule is Cc1ccnc(N2C[C@H](O)C[C@H]2c2ccc(F)c(F)c2)c1C#N. The molecular weight excluding hydrogens is 300 g/mol. The maximum atomic E-state index is 13.5. The van der Waals surface area contributed by atoms with Crippen molar-refractivity contribution in [1.29, 1.82) is 5.26 Å². The van der Waals surface area contributed by atoms with Crippen molar-refractivity contribution in [3.8, 4) is 6.07 Å². The Morgan fingerprint density at radius 3 is 2.78 bits per heavy atom. The summed E-state index contributed by atoms with van der Waals surface area (Å²) in [4.78, 5) is 6.05. The van der Waals surface area contributed by atoms with Gasteiger partial charge in [0.1, 0.15) is 11.9 Å². The van der Waals surface area contributed by atoms with E-state index in [9.17, 15) is 19.1 Å². The standard InChI is InChI=1S/C17H15F2N3O/c1-10-4-5-21-17(13(10)8-20)22-9-12(23)7-16(22)11-2-3-14(18)15(19)6-11/h2-6,12,16,23H,7,9H2,1H3/t12-,16+/m1/s1. The molecule has 3 rings (SSSR count). The summed E-state index contributed by atoms with van der Waals surface area (Å²) < 4.78 is 26.7. The van der Waals surface area contributed by atoms with E-state index in [1.807, 2.05) is 6.92 Å². The maximum absolute atomic E-state index is 13.5. The lowest BCUT2D eigenvalue weighted by Gasteiger charge is -2.27. The molecule has 0 saturated carbocycles. The molecule has 0 radical (unpaired) electrons. The van der Waals surface area contributed by atoms with E-state index in [2.05, 4.69) is 11.1 Å². The van der Waals surface area contributed by atoms with Crippen molar-refractivity contribution in [2.45, 2.75) is 25.5 Å². The number of hydrogen-bond donors (Lipinski definition) is 1. The molecule has 1 aromatic heterocycles.